The van der Waals surface area contributed by atoms with Crippen molar-refractivity contribution in [3.8, 4) is 11.4 Å². The fourth-order valence-corrected chi connectivity index (χ4v) is 3.04. The zero-order chi connectivity index (χ0) is 17.9. The molecule has 0 radical (unpaired) electrons. The SMILES string of the molecule is COc1ccccc1CNC(=O)c1nnn(-c2ccccc2)c1C1CC1. The number of nitrogens with one attached hydrogen (secondary N) is 1. The third kappa shape index (κ3) is 3.18. The Kier molecular flexibility index (Phi) is 4.39. The van der Waals surface area contributed by atoms with Crippen molar-refractivity contribution in [1.82, 2.24) is 20.3 Å². The number of benzene rings is 2. The van der Waals surface area contributed by atoms with E-state index < -0.39 is 0 Å². The Hall–Kier alpha value is -3.15. The molecule has 1 saturated carbocycles. The van der Waals surface area contributed by atoms with E-state index in [1.807, 2.05) is 54.6 Å². The molecule has 1 heterocycles. The molecule has 2 aromatic carbocycles. The van der Waals surface area contributed by atoms with E-state index in [-0.39, 0.29) is 5.91 Å². The summed E-state index contributed by atoms with van der Waals surface area (Å²) in [5.74, 6) is 0.889. The minimum atomic E-state index is -0.208. The van der Waals surface area contributed by atoms with E-state index in [0.717, 1.165) is 35.5 Å². The van der Waals surface area contributed by atoms with E-state index in [0.29, 0.717) is 18.2 Å². The monoisotopic (exact) mass is 348 g/mol. The molecule has 1 aromatic heterocycles. The Balaban J connectivity index is 1.58. The lowest BCUT2D eigenvalue weighted by molar-refractivity contribution is 0.0944. The number of ether oxygens (including phenoxy) is 1. The Labute approximate surface area is 151 Å². The molecule has 0 unspecified atom stereocenters. The molecule has 0 aliphatic heterocycles. The highest BCUT2D eigenvalue weighted by atomic mass is 16.5. The number of aromatic nitrogens is 3. The molecule has 0 saturated heterocycles. The Morgan fingerprint density at radius 2 is 1.88 bits per heavy atom. The number of nitrogens with zero attached hydrogens (tertiary/aromatic N) is 3. The molecular formula is C20H20N4O2. The molecule has 0 bridgehead atoms. The molecule has 1 N–H and O–H groups in total. The van der Waals surface area contributed by atoms with Crippen molar-refractivity contribution in [3.05, 3.63) is 71.5 Å². The predicted molar refractivity (Wildman–Crippen MR) is 97.5 cm³/mol. The summed E-state index contributed by atoms with van der Waals surface area (Å²) < 4.78 is 7.12. The van der Waals surface area contributed by atoms with E-state index >= 15 is 0 Å². The van der Waals surface area contributed by atoms with Gasteiger partial charge in [0.05, 0.1) is 18.5 Å². The maximum atomic E-state index is 12.7. The number of carbonyl (C=O) groups excluding carboxylic acids is 1. The standard InChI is InChI=1S/C20H20N4O2/c1-26-17-10-6-5-7-15(17)13-21-20(25)18-19(14-11-12-14)24(23-22-18)16-8-3-2-4-9-16/h2-10,14H,11-13H2,1H3,(H,21,25). The summed E-state index contributed by atoms with van der Waals surface area (Å²) in [5, 5.41) is 11.4. The summed E-state index contributed by atoms with van der Waals surface area (Å²) in [7, 11) is 1.62. The van der Waals surface area contributed by atoms with Gasteiger partial charge in [0.25, 0.3) is 5.91 Å². The molecule has 1 aliphatic rings. The van der Waals surface area contributed by atoms with Crippen LogP contribution in [0.25, 0.3) is 5.69 Å². The molecule has 0 atom stereocenters. The van der Waals surface area contributed by atoms with Gasteiger partial charge >= 0.3 is 0 Å². The van der Waals surface area contributed by atoms with E-state index in [1.54, 1.807) is 11.8 Å². The molecule has 6 nitrogen and oxygen atoms in total. The van der Waals surface area contributed by atoms with Gasteiger partial charge < -0.3 is 10.1 Å². The summed E-state index contributed by atoms with van der Waals surface area (Å²) in [6.07, 6.45) is 2.12. The van der Waals surface area contributed by atoms with E-state index in [2.05, 4.69) is 15.6 Å². The first-order valence-electron chi connectivity index (χ1n) is 8.69. The van der Waals surface area contributed by atoms with E-state index in [4.69, 9.17) is 4.74 Å². The van der Waals surface area contributed by atoms with Crippen LogP contribution in [-0.2, 0) is 6.54 Å². The molecule has 4 rings (SSSR count). The summed E-state index contributed by atoms with van der Waals surface area (Å²) in [6.45, 7) is 0.380. The van der Waals surface area contributed by atoms with E-state index in [9.17, 15) is 4.79 Å². The summed E-state index contributed by atoms with van der Waals surface area (Å²) in [6, 6.07) is 17.4. The van der Waals surface area contributed by atoms with Crippen LogP contribution in [0, 0.1) is 0 Å². The second-order valence-electron chi connectivity index (χ2n) is 6.34. The van der Waals surface area contributed by atoms with Gasteiger partial charge in [-0.05, 0) is 31.0 Å². The number of amides is 1. The number of methoxy groups -OCH3 is 1. The van der Waals surface area contributed by atoms with E-state index in [1.165, 1.54) is 0 Å². The third-order valence-corrected chi connectivity index (χ3v) is 4.52. The maximum absolute atomic E-state index is 12.7. The lowest BCUT2D eigenvalue weighted by atomic mass is 10.1. The topological polar surface area (TPSA) is 69.0 Å². The van der Waals surface area contributed by atoms with Crippen molar-refractivity contribution < 1.29 is 9.53 Å². The first kappa shape index (κ1) is 16.3. The molecule has 1 amide bonds. The smallest absolute Gasteiger partial charge is 0.274 e. The second kappa shape index (κ2) is 7.00. The van der Waals surface area contributed by atoms with Gasteiger partial charge in [-0.25, -0.2) is 4.68 Å². The Morgan fingerprint density at radius 3 is 2.62 bits per heavy atom. The Morgan fingerprint density at radius 1 is 1.15 bits per heavy atom. The lowest BCUT2D eigenvalue weighted by Crippen LogP contribution is -2.24. The molecule has 1 aliphatic carbocycles. The lowest BCUT2D eigenvalue weighted by Gasteiger charge is -2.10. The largest absolute Gasteiger partial charge is 0.496 e. The van der Waals surface area contributed by atoms with Gasteiger partial charge in [-0.2, -0.15) is 0 Å². The van der Waals surface area contributed by atoms with Crippen LogP contribution in [0.2, 0.25) is 0 Å². The van der Waals surface area contributed by atoms with Crippen LogP contribution in [0.4, 0.5) is 0 Å². The van der Waals surface area contributed by atoms with Gasteiger partial charge in [-0.1, -0.05) is 41.6 Å². The molecule has 0 spiro atoms. The molecule has 26 heavy (non-hydrogen) atoms. The van der Waals surface area contributed by atoms with Gasteiger partial charge in [-0.15, -0.1) is 5.10 Å². The first-order valence-corrected chi connectivity index (χ1v) is 8.69. The second-order valence-corrected chi connectivity index (χ2v) is 6.34. The molecule has 132 valence electrons. The van der Waals surface area contributed by atoms with Crippen molar-refractivity contribution in [2.75, 3.05) is 7.11 Å². The highest BCUT2D eigenvalue weighted by Gasteiger charge is 2.34. The van der Waals surface area contributed by atoms with Crippen LogP contribution < -0.4 is 10.1 Å². The van der Waals surface area contributed by atoms with Crippen LogP contribution in [0.1, 0.15) is 40.5 Å². The third-order valence-electron chi connectivity index (χ3n) is 4.52. The van der Waals surface area contributed by atoms with Crippen LogP contribution in [-0.4, -0.2) is 28.0 Å². The van der Waals surface area contributed by atoms with Crippen molar-refractivity contribution in [3.63, 3.8) is 0 Å². The van der Waals surface area contributed by atoms with Crippen molar-refractivity contribution >= 4 is 5.91 Å². The highest BCUT2D eigenvalue weighted by molar-refractivity contribution is 5.93. The zero-order valence-electron chi connectivity index (χ0n) is 14.6. The normalized spacial score (nSPS) is 13.4. The van der Waals surface area contributed by atoms with Crippen molar-refractivity contribution in [2.24, 2.45) is 0 Å². The van der Waals surface area contributed by atoms with Crippen LogP contribution >= 0.6 is 0 Å². The quantitative estimate of drug-likeness (QED) is 0.743. The van der Waals surface area contributed by atoms with Gasteiger partial charge in [0.2, 0.25) is 0 Å². The minimum Gasteiger partial charge on any atom is -0.496 e. The number of hydrogen-bond acceptors (Lipinski definition) is 4. The molecule has 3 aromatic rings. The summed E-state index contributed by atoms with van der Waals surface area (Å²) in [4.78, 5) is 12.7. The van der Waals surface area contributed by atoms with Gasteiger partial charge in [0.1, 0.15) is 5.75 Å². The zero-order valence-corrected chi connectivity index (χ0v) is 14.6. The predicted octanol–water partition coefficient (Wildman–Crippen LogP) is 3.08. The molecule has 1 fully saturated rings. The molecular weight excluding hydrogens is 328 g/mol. The van der Waals surface area contributed by atoms with Crippen molar-refractivity contribution in [2.45, 2.75) is 25.3 Å². The molecule has 6 heteroatoms. The fourth-order valence-electron chi connectivity index (χ4n) is 3.04. The van der Waals surface area contributed by atoms with Gasteiger partial charge in [0.15, 0.2) is 5.69 Å². The average molecular weight is 348 g/mol. The minimum absolute atomic E-state index is 0.208. The highest BCUT2D eigenvalue weighted by Crippen LogP contribution is 2.41. The maximum Gasteiger partial charge on any atom is 0.274 e. The number of hydrogen-bond donors (Lipinski definition) is 1. The van der Waals surface area contributed by atoms with Gasteiger partial charge in [0, 0.05) is 18.0 Å². The van der Waals surface area contributed by atoms with Crippen LogP contribution in [0.5, 0.6) is 5.75 Å². The summed E-state index contributed by atoms with van der Waals surface area (Å²) >= 11 is 0. The number of para-hydroxylation sites is 2. The fraction of sp³-hybridized carbons (Fsp3) is 0.250. The number of rotatable bonds is 6. The number of carbonyl (C=O) groups is 1. The average Bonchev–Trinajstić information content (AvgIpc) is 3.44. The first-order chi connectivity index (χ1) is 12.8. The Bertz CT molecular complexity index is 917. The summed E-state index contributed by atoms with van der Waals surface area (Å²) in [5.41, 5.74) is 3.15. The van der Waals surface area contributed by atoms with Crippen molar-refractivity contribution in [1.29, 1.82) is 0 Å². The van der Waals surface area contributed by atoms with Crippen LogP contribution in [0.3, 0.4) is 0 Å². The van der Waals surface area contributed by atoms with Crippen LogP contribution in [0.15, 0.2) is 54.6 Å². The van der Waals surface area contributed by atoms with Gasteiger partial charge in [-0.3, -0.25) is 4.79 Å².